The summed E-state index contributed by atoms with van der Waals surface area (Å²) in [5.74, 6) is 2.01. The van der Waals surface area contributed by atoms with Crippen molar-refractivity contribution in [3.05, 3.63) is 53.5 Å². The van der Waals surface area contributed by atoms with Gasteiger partial charge in [-0.15, -0.1) is 0 Å². The van der Waals surface area contributed by atoms with Gasteiger partial charge >= 0.3 is 0 Å². The van der Waals surface area contributed by atoms with E-state index in [1.807, 2.05) is 43.3 Å². The standard InChI is InChI=1S/C18H21NO4/c1-3-12-8-9-17(23-12)15(11-21-2)19-18(20)14-10-22-16-7-5-4-6-13(14)16/h4-9,14-15H,3,10-11H2,1-2H3,(H,19,20)/t14-,15+/m0/s1. The molecule has 2 heterocycles. The summed E-state index contributed by atoms with van der Waals surface area (Å²) in [5, 5.41) is 3.02. The molecule has 0 fully saturated rings. The Balaban J connectivity index is 1.74. The molecule has 3 rings (SSSR count). The topological polar surface area (TPSA) is 60.7 Å². The second-order valence-corrected chi connectivity index (χ2v) is 5.58. The maximum Gasteiger partial charge on any atom is 0.231 e. The summed E-state index contributed by atoms with van der Waals surface area (Å²) in [6.07, 6.45) is 0.817. The molecule has 0 bridgehead atoms. The molecule has 2 atom stereocenters. The summed E-state index contributed by atoms with van der Waals surface area (Å²) >= 11 is 0. The molecule has 0 spiro atoms. The predicted molar refractivity (Wildman–Crippen MR) is 85.5 cm³/mol. The molecule has 1 aliphatic rings. The lowest BCUT2D eigenvalue weighted by atomic mass is 10.00. The fraction of sp³-hybridized carbons (Fsp3) is 0.389. The van der Waals surface area contributed by atoms with Crippen LogP contribution in [-0.4, -0.2) is 26.2 Å². The number of ether oxygens (including phenoxy) is 2. The molecule has 23 heavy (non-hydrogen) atoms. The number of rotatable bonds is 6. The zero-order valence-corrected chi connectivity index (χ0v) is 13.4. The molecule has 1 aromatic carbocycles. The van der Waals surface area contributed by atoms with Crippen LogP contribution in [0.3, 0.4) is 0 Å². The number of fused-ring (bicyclic) bond motifs is 1. The molecule has 0 saturated heterocycles. The number of para-hydroxylation sites is 1. The van der Waals surface area contributed by atoms with E-state index in [0.29, 0.717) is 19.0 Å². The van der Waals surface area contributed by atoms with Gasteiger partial charge in [-0.25, -0.2) is 0 Å². The fourth-order valence-electron chi connectivity index (χ4n) is 2.79. The molecule has 0 radical (unpaired) electrons. The van der Waals surface area contributed by atoms with Crippen LogP contribution in [0.4, 0.5) is 0 Å². The minimum absolute atomic E-state index is 0.0774. The van der Waals surface area contributed by atoms with Crippen LogP contribution < -0.4 is 10.1 Å². The summed E-state index contributed by atoms with van der Waals surface area (Å²) in [4.78, 5) is 12.7. The van der Waals surface area contributed by atoms with Crippen LogP contribution in [0.5, 0.6) is 5.75 Å². The maximum absolute atomic E-state index is 12.7. The van der Waals surface area contributed by atoms with Crippen molar-refractivity contribution in [3.63, 3.8) is 0 Å². The van der Waals surface area contributed by atoms with E-state index < -0.39 is 0 Å². The normalized spacial score (nSPS) is 17.4. The largest absolute Gasteiger partial charge is 0.492 e. The number of aryl methyl sites for hydroxylation is 1. The van der Waals surface area contributed by atoms with Crippen LogP contribution in [0.1, 0.15) is 36.0 Å². The molecule has 1 N–H and O–H groups in total. The van der Waals surface area contributed by atoms with Crippen molar-refractivity contribution in [1.29, 1.82) is 0 Å². The molecule has 0 saturated carbocycles. The average Bonchev–Trinajstić information content (AvgIpc) is 3.21. The molecule has 2 aromatic rings. The fourth-order valence-corrected chi connectivity index (χ4v) is 2.79. The number of nitrogens with one attached hydrogen (secondary N) is 1. The van der Waals surface area contributed by atoms with E-state index in [4.69, 9.17) is 13.9 Å². The van der Waals surface area contributed by atoms with Crippen molar-refractivity contribution in [1.82, 2.24) is 5.32 Å². The zero-order chi connectivity index (χ0) is 16.2. The number of hydrogen-bond acceptors (Lipinski definition) is 4. The highest BCUT2D eigenvalue weighted by Gasteiger charge is 2.32. The highest BCUT2D eigenvalue weighted by Crippen LogP contribution is 2.34. The van der Waals surface area contributed by atoms with E-state index in [1.54, 1.807) is 7.11 Å². The quantitative estimate of drug-likeness (QED) is 0.890. The minimum Gasteiger partial charge on any atom is -0.492 e. The minimum atomic E-state index is -0.305. The molecule has 0 aliphatic carbocycles. The second kappa shape index (κ2) is 6.87. The summed E-state index contributed by atoms with van der Waals surface area (Å²) in [5.41, 5.74) is 0.926. The molecule has 1 amide bonds. The van der Waals surface area contributed by atoms with Gasteiger partial charge in [0.1, 0.15) is 35.8 Å². The third-order valence-corrected chi connectivity index (χ3v) is 4.04. The van der Waals surface area contributed by atoms with E-state index in [0.717, 1.165) is 23.5 Å². The summed E-state index contributed by atoms with van der Waals surface area (Å²) in [6, 6.07) is 11.2. The third kappa shape index (κ3) is 3.24. The molecule has 122 valence electrons. The first kappa shape index (κ1) is 15.6. The van der Waals surface area contributed by atoms with Gasteiger partial charge in [0.2, 0.25) is 5.91 Å². The van der Waals surface area contributed by atoms with Crippen LogP contribution in [0.2, 0.25) is 0 Å². The van der Waals surface area contributed by atoms with E-state index in [9.17, 15) is 4.79 Å². The van der Waals surface area contributed by atoms with Crippen molar-refractivity contribution < 1.29 is 18.7 Å². The van der Waals surface area contributed by atoms with Crippen molar-refractivity contribution in [2.45, 2.75) is 25.3 Å². The van der Waals surface area contributed by atoms with Gasteiger partial charge in [-0.05, 0) is 18.2 Å². The molecule has 1 aliphatic heterocycles. The van der Waals surface area contributed by atoms with Crippen LogP contribution in [0, 0.1) is 0 Å². The molecule has 5 heteroatoms. The Morgan fingerprint density at radius 1 is 1.35 bits per heavy atom. The van der Waals surface area contributed by atoms with Crippen LogP contribution in [0.15, 0.2) is 40.8 Å². The predicted octanol–water partition coefficient (Wildman–Crippen LogP) is 2.82. The number of carbonyl (C=O) groups excluding carboxylic acids is 1. The first-order chi connectivity index (χ1) is 11.2. The van der Waals surface area contributed by atoms with E-state index in [-0.39, 0.29) is 17.9 Å². The maximum atomic E-state index is 12.7. The van der Waals surface area contributed by atoms with E-state index >= 15 is 0 Å². The average molecular weight is 315 g/mol. The third-order valence-electron chi connectivity index (χ3n) is 4.04. The Bertz CT molecular complexity index is 679. The van der Waals surface area contributed by atoms with Gasteiger partial charge in [0.25, 0.3) is 0 Å². The molecular formula is C18H21NO4. The van der Waals surface area contributed by atoms with Crippen LogP contribution >= 0.6 is 0 Å². The molecular weight excluding hydrogens is 294 g/mol. The number of amides is 1. The lowest BCUT2D eigenvalue weighted by Gasteiger charge is -2.18. The monoisotopic (exact) mass is 315 g/mol. The van der Waals surface area contributed by atoms with Crippen LogP contribution in [-0.2, 0) is 16.0 Å². The van der Waals surface area contributed by atoms with Gasteiger partial charge in [-0.1, -0.05) is 25.1 Å². The molecule has 5 nitrogen and oxygen atoms in total. The van der Waals surface area contributed by atoms with Crippen molar-refractivity contribution >= 4 is 5.91 Å². The van der Waals surface area contributed by atoms with E-state index in [1.165, 1.54) is 0 Å². The Hall–Kier alpha value is -2.27. The summed E-state index contributed by atoms with van der Waals surface area (Å²) < 4.78 is 16.6. The molecule has 0 unspecified atom stereocenters. The SMILES string of the molecule is CCc1ccc([C@@H](COC)NC(=O)[C@H]2COc3ccccc32)o1. The number of hydrogen-bond donors (Lipinski definition) is 1. The lowest BCUT2D eigenvalue weighted by Crippen LogP contribution is -2.35. The van der Waals surface area contributed by atoms with Crippen molar-refractivity contribution in [2.75, 3.05) is 20.3 Å². The first-order valence-electron chi connectivity index (χ1n) is 7.82. The van der Waals surface area contributed by atoms with Gasteiger partial charge in [-0.3, -0.25) is 4.79 Å². The summed E-state index contributed by atoms with van der Waals surface area (Å²) in [7, 11) is 1.61. The van der Waals surface area contributed by atoms with Gasteiger partial charge in [-0.2, -0.15) is 0 Å². The van der Waals surface area contributed by atoms with E-state index in [2.05, 4.69) is 5.32 Å². The number of furan rings is 1. The van der Waals surface area contributed by atoms with Crippen molar-refractivity contribution in [3.8, 4) is 5.75 Å². The van der Waals surface area contributed by atoms with Gasteiger partial charge < -0.3 is 19.2 Å². The Kier molecular flexibility index (Phi) is 4.67. The van der Waals surface area contributed by atoms with Gasteiger partial charge in [0.15, 0.2) is 0 Å². The van der Waals surface area contributed by atoms with Gasteiger partial charge in [0, 0.05) is 19.1 Å². The van der Waals surface area contributed by atoms with Crippen molar-refractivity contribution in [2.24, 2.45) is 0 Å². The lowest BCUT2D eigenvalue weighted by molar-refractivity contribution is -0.124. The Morgan fingerprint density at radius 3 is 2.91 bits per heavy atom. The smallest absolute Gasteiger partial charge is 0.231 e. The highest BCUT2D eigenvalue weighted by molar-refractivity contribution is 5.85. The van der Waals surface area contributed by atoms with Gasteiger partial charge in [0.05, 0.1) is 6.61 Å². The second-order valence-electron chi connectivity index (χ2n) is 5.58. The first-order valence-corrected chi connectivity index (χ1v) is 7.82. The summed E-state index contributed by atoms with van der Waals surface area (Å²) in [6.45, 7) is 2.75. The zero-order valence-electron chi connectivity index (χ0n) is 13.4. The number of benzene rings is 1. The Labute approximate surface area is 135 Å². The molecule has 1 aromatic heterocycles. The number of methoxy groups -OCH3 is 1. The number of carbonyl (C=O) groups is 1. The highest BCUT2D eigenvalue weighted by atomic mass is 16.5. The van der Waals surface area contributed by atoms with Crippen LogP contribution in [0.25, 0.3) is 0 Å². The Morgan fingerprint density at radius 2 is 2.17 bits per heavy atom.